The molecule has 128 valence electrons. The highest BCUT2D eigenvalue weighted by Crippen LogP contribution is 2.31. The standard InChI is InChI=1S/C18H16N2O5/c21-16(19-9-12-5-7-13(8-6-12)18(23)24)10-20-14-3-1-2-4-15(14)25-11-17(20)22/h1-8H,9-11H2,(H,19,21)(H,23,24)/p-1. The average molecular weight is 339 g/mol. The highest BCUT2D eigenvalue weighted by atomic mass is 16.5. The summed E-state index contributed by atoms with van der Waals surface area (Å²) in [5.41, 5.74) is 1.38. The second kappa shape index (κ2) is 7.04. The van der Waals surface area contributed by atoms with Gasteiger partial charge in [0.1, 0.15) is 12.3 Å². The zero-order valence-corrected chi connectivity index (χ0v) is 13.2. The minimum atomic E-state index is -1.25. The van der Waals surface area contributed by atoms with Crippen LogP contribution in [0, 0.1) is 0 Å². The molecule has 2 aromatic rings. The molecule has 7 nitrogen and oxygen atoms in total. The van der Waals surface area contributed by atoms with Crippen LogP contribution in [0.5, 0.6) is 5.75 Å². The van der Waals surface area contributed by atoms with Crippen LogP contribution in [-0.4, -0.2) is 30.9 Å². The zero-order chi connectivity index (χ0) is 17.8. The van der Waals surface area contributed by atoms with E-state index in [1.165, 1.54) is 17.0 Å². The fourth-order valence-electron chi connectivity index (χ4n) is 2.49. The number of carboxylic acid groups (broad SMARTS) is 1. The van der Waals surface area contributed by atoms with E-state index in [9.17, 15) is 19.5 Å². The van der Waals surface area contributed by atoms with Crippen LogP contribution in [0.2, 0.25) is 0 Å². The molecule has 0 radical (unpaired) electrons. The first kappa shape index (κ1) is 16.5. The molecule has 1 heterocycles. The molecular formula is C18H15N2O5-. The van der Waals surface area contributed by atoms with E-state index in [1.54, 1.807) is 36.4 Å². The Balaban J connectivity index is 1.61. The summed E-state index contributed by atoms with van der Waals surface area (Å²) in [6.07, 6.45) is 0. The largest absolute Gasteiger partial charge is 0.545 e. The number of anilines is 1. The fourth-order valence-corrected chi connectivity index (χ4v) is 2.49. The van der Waals surface area contributed by atoms with Gasteiger partial charge in [0, 0.05) is 6.54 Å². The van der Waals surface area contributed by atoms with Gasteiger partial charge in [-0.05, 0) is 23.3 Å². The van der Waals surface area contributed by atoms with Gasteiger partial charge in [-0.15, -0.1) is 0 Å². The number of ether oxygens (including phenoxy) is 1. The molecule has 1 aliphatic heterocycles. The molecule has 1 aliphatic rings. The predicted octanol–water partition coefficient (Wildman–Crippen LogP) is 0.0919. The Morgan fingerprint density at radius 1 is 1.12 bits per heavy atom. The smallest absolute Gasteiger partial charge is 0.265 e. The Morgan fingerprint density at radius 3 is 2.56 bits per heavy atom. The van der Waals surface area contributed by atoms with Crippen LogP contribution in [0.1, 0.15) is 15.9 Å². The van der Waals surface area contributed by atoms with Crippen molar-refractivity contribution in [2.45, 2.75) is 6.54 Å². The third-order valence-electron chi connectivity index (χ3n) is 3.79. The quantitative estimate of drug-likeness (QED) is 0.832. The number of nitrogens with zero attached hydrogens (tertiary/aromatic N) is 1. The lowest BCUT2D eigenvalue weighted by atomic mass is 10.1. The second-order valence-corrected chi connectivity index (χ2v) is 5.50. The number of carbonyl (C=O) groups excluding carboxylic acids is 3. The maximum atomic E-state index is 12.2. The van der Waals surface area contributed by atoms with Crippen LogP contribution >= 0.6 is 0 Å². The molecule has 2 amide bonds. The summed E-state index contributed by atoms with van der Waals surface area (Å²) in [5.74, 6) is -1.30. The summed E-state index contributed by atoms with van der Waals surface area (Å²) < 4.78 is 5.33. The molecule has 1 N–H and O–H groups in total. The number of benzene rings is 2. The summed E-state index contributed by atoms with van der Waals surface area (Å²) in [7, 11) is 0. The molecule has 25 heavy (non-hydrogen) atoms. The van der Waals surface area contributed by atoms with Crippen molar-refractivity contribution in [2.24, 2.45) is 0 Å². The Bertz CT molecular complexity index is 816. The molecule has 0 bridgehead atoms. The van der Waals surface area contributed by atoms with Gasteiger partial charge in [0.05, 0.1) is 11.7 Å². The number of rotatable bonds is 5. The third kappa shape index (κ3) is 3.77. The minimum Gasteiger partial charge on any atom is -0.545 e. The van der Waals surface area contributed by atoms with Crippen LogP contribution in [-0.2, 0) is 16.1 Å². The molecule has 0 spiro atoms. The third-order valence-corrected chi connectivity index (χ3v) is 3.79. The molecule has 3 rings (SSSR count). The highest BCUT2D eigenvalue weighted by Gasteiger charge is 2.26. The lowest BCUT2D eigenvalue weighted by molar-refractivity contribution is -0.255. The summed E-state index contributed by atoms with van der Waals surface area (Å²) in [6, 6.07) is 13.1. The summed E-state index contributed by atoms with van der Waals surface area (Å²) in [4.78, 5) is 36.3. The molecule has 0 atom stereocenters. The molecule has 0 fully saturated rings. The van der Waals surface area contributed by atoms with E-state index in [4.69, 9.17) is 4.74 Å². The van der Waals surface area contributed by atoms with E-state index in [2.05, 4.69) is 5.32 Å². The topological polar surface area (TPSA) is 98.8 Å². The molecular weight excluding hydrogens is 324 g/mol. The highest BCUT2D eigenvalue weighted by molar-refractivity contribution is 6.02. The molecule has 0 aliphatic carbocycles. The first-order chi connectivity index (χ1) is 12.0. The number of fused-ring (bicyclic) bond motifs is 1. The number of para-hydroxylation sites is 2. The van der Waals surface area contributed by atoms with Crippen molar-refractivity contribution in [3.8, 4) is 5.75 Å². The number of hydrogen-bond acceptors (Lipinski definition) is 5. The van der Waals surface area contributed by atoms with Gasteiger partial charge in [-0.2, -0.15) is 0 Å². The van der Waals surface area contributed by atoms with Crippen molar-refractivity contribution >= 4 is 23.5 Å². The lowest BCUT2D eigenvalue weighted by Crippen LogP contribution is -2.45. The molecule has 0 aromatic heterocycles. The van der Waals surface area contributed by atoms with Crippen LogP contribution < -0.4 is 20.1 Å². The average Bonchev–Trinajstić information content (AvgIpc) is 2.63. The summed E-state index contributed by atoms with van der Waals surface area (Å²) in [6.45, 7) is 0.0116. The minimum absolute atomic E-state index is 0.0746. The Labute approximate surface area is 143 Å². The van der Waals surface area contributed by atoms with Crippen molar-refractivity contribution < 1.29 is 24.2 Å². The van der Waals surface area contributed by atoms with Gasteiger partial charge in [0.25, 0.3) is 5.91 Å². The number of amides is 2. The van der Waals surface area contributed by atoms with Gasteiger partial charge in [-0.25, -0.2) is 0 Å². The van der Waals surface area contributed by atoms with E-state index >= 15 is 0 Å². The number of hydrogen-bond donors (Lipinski definition) is 1. The molecule has 0 unspecified atom stereocenters. The monoisotopic (exact) mass is 339 g/mol. The van der Waals surface area contributed by atoms with Crippen molar-refractivity contribution in [2.75, 3.05) is 18.1 Å². The van der Waals surface area contributed by atoms with E-state index in [1.807, 2.05) is 0 Å². The SMILES string of the molecule is O=C(CN1C(=O)COc2ccccc21)NCc1ccc(C(=O)[O-])cc1. The van der Waals surface area contributed by atoms with Crippen LogP contribution in [0.15, 0.2) is 48.5 Å². The Hall–Kier alpha value is -3.35. The van der Waals surface area contributed by atoms with Gasteiger partial charge in [-0.1, -0.05) is 36.4 Å². The number of carboxylic acids is 1. The van der Waals surface area contributed by atoms with Gasteiger partial charge in [0.2, 0.25) is 5.91 Å². The van der Waals surface area contributed by atoms with Crippen molar-refractivity contribution in [1.82, 2.24) is 5.32 Å². The van der Waals surface area contributed by atoms with E-state index < -0.39 is 5.97 Å². The van der Waals surface area contributed by atoms with E-state index in [-0.39, 0.29) is 37.1 Å². The van der Waals surface area contributed by atoms with E-state index in [0.29, 0.717) is 11.4 Å². The summed E-state index contributed by atoms with van der Waals surface area (Å²) >= 11 is 0. The molecule has 7 heteroatoms. The first-order valence-corrected chi connectivity index (χ1v) is 7.64. The zero-order valence-electron chi connectivity index (χ0n) is 13.2. The fraction of sp³-hybridized carbons (Fsp3) is 0.167. The van der Waals surface area contributed by atoms with Gasteiger partial charge in [-0.3, -0.25) is 14.5 Å². The van der Waals surface area contributed by atoms with Crippen LogP contribution in [0.4, 0.5) is 5.69 Å². The van der Waals surface area contributed by atoms with Gasteiger partial charge >= 0.3 is 0 Å². The van der Waals surface area contributed by atoms with Crippen molar-refractivity contribution in [3.05, 3.63) is 59.7 Å². The first-order valence-electron chi connectivity index (χ1n) is 7.64. The van der Waals surface area contributed by atoms with Crippen LogP contribution in [0.25, 0.3) is 0 Å². The number of carbonyl (C=O) groups is 3. The van der Waals surface area contributed by atoms with Gasteiger partial charge in [0.15, 0.2) is 6.61 Å². The normalized spacial score (nSPS) is 13.0. The predicted molar refractivity (Wildman–Crippen MR) is 86.9 cm³/mol. The Kier molecular flexibility index (Phi) is 4.65. The maximum absolute atomic E-state index is 12.2. The molecule has 0 saturated carbocycles. The maximum Gasteiger partial charge on any atom is 0.265 e. The summed E-state index contributed by atoms with van der Waals surface area (Å²) in [5, 5.41) is 13.4. The van der Waals surface area contributed by atoms with Crippen molar-refractivity contribution in [1.29, 1.82) is 0 Å². The van der Waals surface area contributed by atoms with E-state index in [0.717, 1.165) is 5.56 Å². The van der Waals surface area contributed by atoms with Crippen molar-refractivity contribution in [3.63, 3.8) is 0 Å². The van der Waals surface area contributed by atoms with Gasteiger partial charge < -0.3 is 20.0 Å². The van der Waals surface area contributed by atoms with Crippen LogP contribution in [0.3, 0.4) is 0 Å². The molecule has 0 saturated heterocycles. The number of nitrogens with one attached hydrogen (secondary N) is 1. The Morgan fingerprint density at radius 2 is 1.84 bits per heavy atom. The number of aromatic carboxylic acids is 1. The lowest BCUT2D eigenvalue weighted by Gasteiger charge is -2.28. The second-order valence-electron chi connectivity index (χ2n) is 5.50. The molecule has 2 aromatic carbocycles.